The lowest BCUT2D eigenvalue weighted by atomic mass is 10.1. The van der Waals surface area contributed by atoms with Crippen LogP contribution in [0.2, 0.25) is 0 Å². The van der Waals surface area contributed by atoms with Gasteiger partial charge in [0.15, 0.2) is 5.69 Å². The van der Waals surface area contributed by atoms with Crippen LogP contribution in [0.3, 0.4) is 0 Å². The Morgan fingerprint density at radius 1 is 1.41 bits per heavy atom. The summed E-state index contributed by atoms with van der Waals surface area (Å²) < 4.78 is 4.54. The fourth-order valence-corrected chi connectivity index (χ4v) is 1.88. The van der Waals surface area contributed by atoms with Gasteiger partial charge in [-0.25, -0.2) is 9.89 Å². The minimum absolute atomic E-state index is 0.0618. The van der Waals surface area contributed by atoms with Crippen molar-refractivity contribution in [3.63, 3.8) is 0 Å². The number of fused-ring (bicyclic) bond motifs is 1. The molecular weight excluding hydrogens is 294 g/mol. The van der Waals surface area contributed by atoms with Crippen LogP contribution in [0.25, 0.3) is 16.5 Å². The molecule has 2 N–H and O–H groups in total. The van der Waals surface area contributed by atoms with Gasteiger partial charge in [-0.2, -0.15) is 5.10 Å². The molecule has 0 radical (unpaired) electrons. The summed E-state index contributed by atoms with van der Waals surface area (Å²) in [6.07, 6.45) is 0. The van der Waals surface area contributed by atoms with Crippen molar-refractivity contribution in [1.29, 1.82) is 0 Å². The predicted molar refractivity (Wildman–Crippen MR) is 75.5 cm³/mol. The zero-order valence-electron chi connectivity index (χ0n) is 11.4. The molecule has 22 heavy (non-hydrogen) atoms. The molecule has 1 heterocycles. The van der Waals surface area contributed by atoms with Crippen molar-refractivity contribution < 1.29 is 19.6 Å². The maximum Gasteiger partial charge on any atom is 0.380 e. The number of carbonyl (C=O) groups is 1. The number of aliphatic hydroxyl groups is 1. The minimum Gasteiger partial charge on any atom is -0.497 e. The number of hydrogen-bond donors (Lipinski definition) is 2. The molecule has 1 aromatic carbocycles. The number of H-pyrrole nitrogens is 1. The Balaban J connectivity index is 2.78. The number of rotatable bonds is 4. The van der Waals surface area contributed by atoms with E-state index in [1.807, 2.05) is 0 Å². The molecule has 0 saturated heterocycles. The molecule has 0 aliphatic carbocycles. The van der Waals surface area contributed by atoms with Crippen LogP contribution in [0, 0.1) is 10.1 Å². The van der Waals surface area contributed by atoms with E-state index < -0.39 is 27.9 Å². The van der Waals surface area contributed by atoms with E-state index in [1.165, 1.54) is 19.1 Å². The molecule has 2 rings (SSSR count). The van der Waals surface area contributed by atoms with Crippen molar-refractivity contribution in [2.45, 2.75) is 6.92 Å². The van der Waals surface area contributed by atoms with Crippen LogP contribution in [0.4, 0.5) is 0 Å². The topological polar surface area (TPSA) is 135 Å². The van der Waals surface area contributed by atoms with Crippen molar-refractivity contribution in [1.82, 2.24) is 10.2 Å². The third kappa shape index (κ3) is 2.64. The Labute approximate surface area is 123 Å². The molecule has 0 aliphatic heterocycles. The highest BCUT2D eigenvalue weighted by Crippen LogP contribution is 2.23. The molecule has 114 valence electrons. The van der Waals surface area contributed by atoms with Crippen molar-refractivity contribution in [2.75, 3.05) is 6.61 Å². The lowest BCUT2D eigenvalue weighted by Crippen LogP contribution is -2.17. The number of nitro groups is 1. The lowest BCUT2D eigenvalue weighted by molar-refractivity contribution is -0.377. The normalized spacial score (nSPS) is 11.9. The number of carbonyl (C=O) groups excluding carboxylic acids is 1. The maximum atomic E-state index is 11.7. The van der Waals surface area contributed by atoms with E-state index in [9.17, 15) is 24.8 Å². The SMILES string of the molecule is CCOC(=O)C(O)=C(c1n[nH]c(=O)c2ccccc12)[N+](=O)[O-]. The Hall–Kier alpha value is -3.23. The van der Waals surface area contributed by atoms with Crippen LogP contribution in [0.1, 0.15) is 12.6 Å². The maximum absolute atomic E-state index is 11.7. The van der Waals surface area contributed by atoms with E-state index in [2.05, 4.69) is 14.9 Å². The van der Waals surface area contributed by atoms with Crippen LogP contribution < -0.4 is 5.56 Å². The summed E-state index contributed by atoms with van der Waals surface area (Å²) in [4.78, 5) is 33.5. The largest absolute Gasteiger partial charge is 0.497 e. The van der Waals surface area contributed by atoms with Gasteiger partial charge in [0, 0.05) is 5.39 Å². The number of benzene rings is 1. The average molecular weight is 305 g/mol. The molecule has 0 amide bonds. The van der Waals surface area contributed by atoms with E-state index in [4.69, 9.17) is 0 Å². The van der Waals surface area contributed by atoms with Gasteiger partial charge in [-0.1, -0.05) is 18.2 Å². The Morgan fingerprint density at radius 2 is 2.05 bits per heavy atom. The summed E-state index contributed by atoms with van der Waals surface area (Å²) in [5.74, 6) is -2.43. The number of nitrogens with zero attached hydrogens (tertiary/aromatic N) is 2. The van der Waals surface area contributed by atoms with E-state index in [0.29, 0.717) is 0 Å². The number of aliphatic hydroxyl groups excluding tert-OH is 1. The van der Waals surface area contributed by atoms with Crippen molar-refractivity contribution in [3.8, 4) is 0 Å². The van der Waals surface area contributed by atoms with E-state index >= 15 is 0 Å². The zero-order valence-corrected chi connectivity index (χ0v) is 11.4. The van der Waals surface area contributed by atoms with E-state index in [1.54, 1.807) is 12.1 Å². The third-order valence-electron chi connectivity index (χ3n) is 2.80. The summed E-state index contributed by atoms with van der Waals surface area (Å²) in [6.45, 7) is 1.43. The molecule has 0 saturated carbocycles. The average Bonchev–Trinajstić information content (AvgIpc) is 2.50. The fourth-order valence-electron chi connectivity index (χ4n) is 1.88. The highest BCUT2D eigenvalue weighted by molar-refractivity contribution is 5.97. The fraction of sp³-hybridized carbons (Fsp3) is 0.154. The Bertz CT molecular complexity index is 839. The van der Waals surface area contributed by atoms with Gasteiger partial charge in [0.05, 0.1) is 16.9 Å². The molecule has 2 aromatic rings. The first-order chi connectivity index (χ1) is 10.5. The second-order valence-electron chi connectivity index (χ2n) is 4.12. The van der Waals surface area contributed by atoms with Crippen molar-refractivity contribution in [3.05, 3.63) is 56.2 Å². The molecule has 9 heteroatoms. The molecule has 0 fully saturated rings. The molecule has 0 bridgehead atoms. The number of nitrogens with one attached hydrogen (secondary N) is 1. The number of aromatic amines is 1. The van der Waals surface area contributed by atoms with E-state index in [0.717, 1.165) is 0 Å². The molecule has 9 nitrogen and oxygen atoms in total. The first-order valence-electron chi connectivity index (χ1n) is 6.20. The molecule has 0 spiro atoms. The summed E-state index contributed by atoms with van der Waals surface area (Å²) in [7, 11) is 0. The van der Waals surface area contributed by atoms with Gasteiger partial charge in [0.2, 0.25) is 0 Å². The number of hydrogen-bond acceptors (Lipinski definition) is 7. The van der Waals surface area contributed by atoms with Gasteiger partial charge >= 0.3 is 11.7 Å². The van der Waals surface area contributed by atoms with Gasteiger partial charge in [0.25, 0.3) is 11.3 Å². The minimum atomic E-state index is -1.24. The van der Waals surface area contributed by atoms with Gasteiger partial charge in [-0.05, 0) is 13.0 Å². The monoisotopic (exact) mass is 305 g/mol. The van der Waals surface area contributed by atoms with Crippen LogP contribution in [-0.2, 0) is 9.53 Å². The van der Waals surface area contributed by atoms with Gasteiger partial charge in [0.1, 0.15) is 0 Å². The molecule has 1 aromatic heterocycles. The van der Waals surface area contributed by atoms with Crippen LogP contribution in [0.5, 0.6) is 0 Å². The zero-order chi connectivity index (χ0) is 16.3. The first-order valence-corrected chi connectivity index (χ1v) is 6.20. The highest BCUT2D eigenvalue weighted by atomic mass is 16.6. The number of aromatic nitrogens is 2. The molecule has 0 unspecified atom stereocenters. The summed E-state index contributed by atoms with van der Waals surface area (Å²) in [5.41, 5.74) is -1.81. The Kier molecular flexibility index (Phi) is 4.16. The standard InChI is InChI=1S/C13H11N3O6/c1-2-22-13(19)11(17)10(16(20)21)9-7-5-3-4-6-8(7)12(18)15-14-9/h3-6,17H,2H2,1H3,(H,15,18). The molecule has 0 aliphatic rings. The summed E-state index contributed by atoms with van der Waals surface area (Å²) in [6, 6.07) is 5.99. The first kappa shape index (κ1) is 15.2. The molecule has 0 atom stereocenters. The number of ether oxygens (including phenoxy) is 1. The smallest absolute Gasteiger partial charge is 0.380 e. The van der Waals surface area contributed by atoms with Crippen LogP contribution >= 0.6 is 0 Å². The van der Waals surface area contributed by atoms with E-state index in [-0.39, 0.29) is 23.1 Å². The van der Waals surface area contributed by atoms with Gasteiger partial charge < -0.3 is 9.84 Å². The second kappa shape index (κ2) is 6.04. The lowest BCUT2D eigenvalue weighted by Gasteiger charge is -2.05. The molecular formula is C13H11N3O6. The third-order valence-corrected chi connectivity index (χ3v) is 2.80. The van der Waals surface area contributed by atoms with Crippen LogP contribution in [-0.4, -0.2) is 32.8 Å². The predicted octanol–water partition coefficient (Wildman–Crippen LogP) is 0.989. The Morgan fingerprint density at radius 3 is 2.64 bits per heavy atom. The van der Waals surface area contributed by atoms with Crippen molar-refractivity contribution >= 4 is 22.4 Å². The van der Waals surface area contributed by atoms with Gasteiger partial charge in [-0.3, -0.25) is 14.9 Å². The number of esters is 1. The van der Waals surface area contributed by atoms with Crippen molar-refractivity contribution in [2.24, 2.45) is 0 Å². The van der Waals surface area contributed by atoms with Crippen LogP contribution in [0.15, 0.2) is 34.8 Å². The highest BCUT2D eigenvalue weighted by Gasteiger charge is 2.30. The second-order valence-corrected chi connectivity index (χ2v) is 4.12. The quantitative estimate of drug-likeness (QED) is 0.282. The van der Waals surface area contributed by atoms with Gasteiger partial charge in [-0.15, -0.1) is 0 Å². The summed E-state index contributed by atoms with van der Waals surface area (Å²) in [5, 5.41) is 27.0. The summed E-state index contributed by atoms with van der Waals surface area (Å²) >= 11 is 0.